The maximum atomic E-state index is 11.3. The van der Waals surface area contributed by atoms with E-state index < -0.39 is 11.7 Å². The van der Waals surface area contributed by atoms with Gasteiger partial charge in [0.05, 0.1) is 7.11 Å². The summed E-state index contributed by atoms with van der Waals surface area (Å²) in [4.78, 5) is 11.3. The SMILES string of the molecule is COC(=O)C1OC1(C)c1ccccc1C. The van der Waals surface area contributed by atoms with Gasteiger partial charge in [-0.1, -0.05) is 24.3 Å². The van der Waals surface area contributed by atoms with Crippen LogP contribution in [0.5, 0.6) is 0 Å². The molecule has 0 aliphatic carbocycles. The molecule has 1 aliphatic heterocycles. The van der Waals surface area contributed by atoms with Gasteiger partial charge in [-0.2, -0.15) is 0 Å². The lowest BCUT2D eigenvalue weighted by atomic mass is 9.93. The predicted molar refractivity (Wildman–Crippen MR) is 55.4 cm³/mol. The molecule has 1 heterocycles. The van der Waals surface area contributed by atoms with Gasteiger partial charge in [0.1, 0.15) is 5.60 Å². The molecular weight excluding hydrogens is 192 g/mol. The number of benzene rings is 1. The van der Waals surface area contributed by atoms with Crippen LogP contribution in [0.1, 0.15) is 18.1 Å². The number of hydrogen-bond donors (Lipinski definition) is 0. The highest BCUT2D eigenvalue weighted by Gasteiger charge is 2.59. The van der Waals surface area contributed by atoms with Crippen LogP contribution in [0, 0.1) is 6.92 Å². The van der Waals surface area contributed by atoms with Crippen LogP contribution in [0.2, 0.25) is 0 Å². The molecule has 0 N–H and O–H groups in total. The number of hydrogen-bond acceptors (Lipinski definition) is 3. The van der Waals surface area contributed by atoms with Crippen molar-refractivity contribution >= 4 is 5.97 Å². The Kier molecular flexibility index (Phi) is 2.27. The summed E-state index contributed by atoms with van der Waals surface area (Å²) in [6.07, 6.45) is -0.455. The van der Waals surface area contributed by atoms with Gasteiger partial charge in [0.2, 0.25) is 0 Å². The van der Waals surface area contributed by atoms with Gasteiger partial charge >= 0.3 is 5.97 Å². The van der Waals surface area contributed by atoms with Crippen molar-refractivity contribution in [1.29, 1.82) is 0 Å². The van der Waals surface area contributed by atoms with E-state index in [1.54, 1.807) is 0 Å². The quantitative estimate of drug-likeness (QED) is 0.547. The summed E-state index contributed by atoms with van der Waals surface area (Å²) in [6.45, 7) is 3.92. The third-order valence-electron chi connectivity index (χ3n) is 2.90. The van der Waals surface area contributed by atoms with E-state index in [0.29, 0.717) is 0 Å². The lowest BCUT2D eigenvalue weighted by Gasteiger charge is -2.09. The van der Waals surface area contributed by atoms with Crippen molar-refractivity contribution in [3.8, 4) is 0 Å². The third kappa shape index (κ3) is 1.53. The summed E-state index contributed by atoms with van der Waals surface area (Å²) in [5, 5.41) is 0. The molecule has 0 aromatic heterocycles. The Hall–Kier alpha value is -1.35. The van der Waals surface area contributed by atoms with Crippen molar-refractivity contribution in [2.45, 2.75) is 25.6 Å². The second kappa shape index (κ2) is 3.35. The van der Waals surface area contributed by atoms with Crippen molar-refractivity contribution in [2.75, 3.05) is 7.11 Å². The van der Waals surface area contributed by atoms with Crippen LogP contribution in [0.3, 0.4) is 0 Å². The predicted octanol–water partition coefficient (Wildman–Crippen LogP) is 1.78. The molecule has 15 heavy (non-hydrogen) atoms. The van der Waals surface area contributed by atoms with Crippen molar-refractivity contribution in [3.63, 3.8) is 0 Å². The van der Waals surface area contributed by atoms with Gasteiger partial charge in [-0.05, 0) is 25.0 Å². The molecule has 0 amide bonds. The van der Waals surface area contributed by atoms with Crippen molar-refractivity contribution < 1.29 is 14.3 Å². The van der Waals surface area contributed by atoms with E-state index in [-0.39, 0.29) is 5.97 Å². The monoisotopic (exact) mass is 206 g/mol. The zero-order chi connectivity index (χ0) is 11.1. The standard InChI is InChI=1S/C12H14O3/c1-8-6-4-5-7-9(8)12(2)10(15-12)11(13)14-3/h4-7,10H,1-3H3. The summed E-state index contributed by atoms with van der Waals surface area (Å²) >= 11 is 0. The van der Waals surface area contributed by atoms with E-state index in [2.05, 4.69) is 4.74 Å². The first-order valence-corrected chi connectivity index (χ1v) is 4.91. The maximum Gasteiger partial charge on any atom is 0.338 e. The molecule has 1 saturated heterocycles. The molecule has 0 bridgehead atoms. The minimum atomic E-state index is -0.502. The first-order chi connectivity index (χ1) is 7.09. The van der Waals surface area contributed by atoms with E-state index in [0.717, 1.165) is 11.1 Å². The van der Waals surface area contributed by atoms with Gasteiger partial charge in [-0.3, -0.25) is 0 Å². The Bertz CT molecular complexity index is 400. The Labute approximate surface area is 89.0 Å². The van der Waals surface area contributed by atoms with Crippen LogP contribution < -0.4 is 0 Å². The van der Waals surface area contributed by atoms with Crippen molar-refractivity contribution in [2.24, 2.45) is 0 Å². The van der Waals surface area contributed by atoms with Crippen LogP contribution in [0.15, 0.2) is 24.3 Å². The molecule has 2 rings (SSSR count). The number of rotatable bonds is 2. The number of carbonyl (C=O) groups excluding carboxylic acids is 1. The smallest absolute Gasteiger partial charge is 0.338 e. The second-order valence-electron chi connectivity index (χ2n) is 3.94. The fraction of sp³-hybridized carbons (Fsp3) is 0.417. The summed E-state index contributed by atoms with van der Waals surface area (Å²) in [7, 11) is 1.38. The number of ether oxygens (including phenoxy) is 2. The highest BCUT2D eigenvalue weighted by molar-refractivity contribution is 5.79. The second-order valence-corrected chi connectivity index (χ2v) is 3.94. The number of methoxy groups -OCH3 is 1. The van der Waals surface area contributed by atoms with Crippen LogP contribution in [-0.2, 0) is 19.9 Å². The average Bonchev–Trinajstić information content (AvgIpc) is 2.91. The molecule has 2 atom stereocenters. The summed E-state index contributed by atoms with van der Waals surface area (Å²) in [6, 6.07) is 7.91. The molecule has 1 aromatic carbocycles. The molecule has 3 heteroatoms. The number of aryl methyl sites for hydroxylation is 1. The van der Waals surface area contributed by atoms with Crippen molar-refractivity contribution in [1.82, 2.24) is 0 Å². The summed E-state index contributed by atoms with van der Waals surface area (Å²) in [5.41, 5.74) is 1.69. The summed E-state index contributed by atoms with van der Waals surface area (Å²) < 4.78 is 10.1. The molecule has 0 radical (unpaired) electrons. The van der Waals surface area contributed by atoms with Gasteiger partial charge in [-0.25, -0.2) is 4.79 Å². The molecule has 1 fully saturated rings. The highest BCUT2D eigenvalue weighted by Crippen LogP contribution is 2.47. The van der Waals surface area contributed by atoms with Crippen LogP contribution in [0.4, 0.5) is 0 Å². The van der Waals surface area contributed by atoms with Gasteiger partial charge in [0.15, 0.2) is 6.10 Å². The number of esters is 1. The number of carbonyl (C=O) groups is 1. The molecule has 0 spiro atoms. The topological polar surface area (TPSA) is 38.8 Å². The van der Waals surface area contributed by atoms with E-state index >= 15 is 0 Å². The third-order valence-corrected chi connectivity index (χ3v) is 2.90. The van der Waals surface area contributed by atoms with Gasteiger partial charge in [0, 0.05) is 0 Å². The zero-order valence-corrected chi connectivity index (χ0v) is 9.11. The average molecular weight is 206 g/mol. The van der Waals surface area contributed by atoms with Crippen LogP contribution in [-0.4, -0.2) is 19.2 Å². The van der Waals surface area contributed by atoms with Crippen LogP contribution >= 0.6 is 0 Å². The molecule has 80 valence electrons. The maximum absolute atomic E-state index is 11.3. The number of epoxide rings is 1. The fourth-order valence-corrected chi connectivity index (χ4v) is 1.93. The molecule has 2 unspecified atom stereocenters. The Balaban J connectivity index is 2.27. The lowest BCUT2D eigenvalue weighted by molar-refractivity contribution is -0.142. The van der Waals surface area contributed by atoms with Gasteiger partial charge in [-0.15, -0.1) is 0 Å². The first-order valence-electron chi connectivity index (χ1n) is 4.91. The largest absolute Gasteiger partial charge is 0.467 e. The van der Waals surface area contributed by atoms with E-state index in [1.807, 2.05) is 38.1 Å². The Morgan fingerprint density at radius 3 is 2.73 bits per heavy atom. The van der Waals surface area contributed by atoms with Gasteiger partial charge < -0.3 is 9.47 Å². The lowest BCUT2D eigenvalue weighted by Crippen LogP contribution is -2.18. The van der Waals surface area contributed by atoms with Gasteiger partial charge in [0.25, 0.3) is 0 Å². The van der Waals surface area contributed by atoms with E-state index in [9.17, 15) is 4.79 Å². The molecule has 1 aromatic rings. The normalized spacial score (nSPS) is 28.6. The minimum Gasteiger partial charge on any atom is -0.467 e. The Morgan fingerprint density at radius 2 is 2.13 bits per heavy atom. The first kappa shape index (κ1) is 10.2. The van der Waals surface area contributed by atoms with E-state index in [1.165, 1.54) is 7.11 Å². The minimum absolute atomic E-state index is 0.305. The molecule has 1 aliphatic rings. The molecular formula is C12H14O3. The molecule has 3 nitrogen and oxygen atoms in total. The van der Waals surface area contributed by atoms with Crippen molar-refractivity contribution in [3.05, 3.63) is 35.4 Å². The fourth-order valence-electron chi connectivity index (χ4n) is 1.93. The zero-order valence-electron chi connectivity index (χ0n) is 9.11. The summed E-state index contributed by atoms with van der Waals surface area (Å²) in [5.74, 6) is -0.305. The highest BCUT2D eigenvalue weighted by atomic mass is 16.6. The van der Waals surface area contributed by atoms with E-state index in [4.69, 9.17) is 4.74 Å². The Morgan fingerprint density at radius 1 is 1.47 bits per heavy atom. The van der Waals surface area contributed by atoms with Crippen LogP contribution in [0.25, 0.3) is 0 Å². The molecule has 0 saturated carbocycles.